The smallest absolute Gasteiger partial charge is 0.318 e. The minimum Gasteiger partial charge on any atom is -0.456 e. The Hall–Kier alpha value is -2.13. The van der Waals surface area contributed by atoms with Crippen LogP contribution < -0.4 is 4.90 Å². The summed E-state index contributed by atoms with van der Waals surface area (Å²) in [4.78, 5) is 14.5. The van der Waals surface area contributed by atoms with E-state index in [2.05, 4.69) is 0 Å². The van der Waals surface area contributed by atoms with Crippen molar-refractivity contribution in [2.45, 2.75) is 38.2 Å². The number of hydrogen-bond acceptors (Lipinski definition) is 2. The number of rotatable bonds is 6. The predicted octanol–water partition coefficient (Wildman–Crippen LogP) is 2.82. The fourth-order valence-corrected chi connectivity index (χ4v) is 3.73. The van der Waals surface area contributed by atoms with Gasteiger partial charge in [0.05, 0.1) is 13.1 Å². The Balaban J connectivity index is 1.71. The van der Waals surface area contributed by atoms with Crippen LogP contribution in [0.25, 0.3) is 0 Å². The van der Waals surface area contributed by atoms with Crippen LogP contribution in [0.5, 0.6) is 0 Å². The molecule has 1 saturated heterocycles. The molecule has 3 nitrogen and oxygen atoms in total. The number of piperidine rings is 1. The lowest BCUT2D eigenvalue weighted by Gasteiger charge is -2.27. The Bertz CT molecular complexity index is 611. The summed E-state index contributed by atoms with van der Waals surface area (Å²) in [5.74, 6) is -0.512. The second-order valence-corrected chi connectivity index (χ2v) is 7.02. The highest BCUT2D eigenvalue weighted by Crippen LogP contribution is 2.26. The third-order valence-electron chi connectivity index (χ3n) is 4.96. The molecule has 3 heteroatoms. The normalized spacial score (nSPS) is 16.6. The molecule has 1 aliphatic rings. The van der Waals surface area contributed by atoms with Gasteiger partial charge in [-0.25, -0.2) is 0 Å². The Morgan fingerprint density at radius 3 is 1.96 bits per heavy atom. The van der Waals surface area contributed by atoms with E-state index < -0.39 is 0 Å². The molecule has 0 spiro atoms. The van der Waals surface area contributed by atoms with Gasteiger partial charge in [0.25, 0.3) is 0 Å². The van der Waals surface area contributed by atoms with E-state index in [1.165, 1.54) is 32.4 Å². The second kappa shape index (κ2) is 8.82. The van der Waals surface area contributed by atoms with E-state index in [0.29, 0.717) is 0 Å². The highest BCUT2D eigenvalue weighted by Gasteiger charge is 2.27. The second-order valence-electron chi connectivity index (χ2n) is 7.02. The average molecular weight is 338 g/mol. The molecule has 0 amide bonds. The lowest BCUT2D eigenvalue weighted by atomic mass is 9.91. The van der Waals surface area contributed by atoms with E-state index in [0.717, 1.165) is 17.7 Å². The third kappa shape index (κ3) is 4.93. The van der Waals surface area contributed by atoms with E-state index in [1.807, 2.05) is 67.6 Å². The molecule has 0 aromatic heterocycles. The van der Waals surface area contributed by atoms with E-state index in [1.54, 1.807) is 4.90 Å². The summed E-state index contributed by atoms with van der Waals surface area (Å²) >= 11 is 0. The number of carbonyl (C=O) groups is 1. The van der Waals surface area contributed by atoms with Crippen molar-refractivity contribution in [3.63, 3.8) is 0 Å². The van der Waals surface area contributed by atoms with Crippen LogP contribution in [0.15, 0.2) is 60.7 Å². The molecule has 0 saturated carbocycles. The van der Waals surface area contributed by atoms with E-state index >= 15 is 0 Å². The van der Waals surface area contributed by atoms with Crippen LogP contribution in [0, 0.1) is 0 Å². The largest absolute Gasteiger partial charge is 0.456 e. The number of hydrogen-bond donors (Lipinski definition) is 1. The highest BCUT2D eigenvalue weighted by molar-refractivity contribution is 5.82. The van der Waals surface area contributed by atoms with Gasteiger partial charge in [-0.05, 0) is 37.3 Å². The summed E-state index contributed by atoms with van der Waals surface area (Å²) in [6.45, 7) is 5.32. The van der Waals surface area contributed by atoms with E-state index in [-0.39, 0.29) is 18.0 Å². The maximum absolute atomic E-state index is 13.0. The van der Waals surface area contributed by atoms with Gasteiger partial charge >= 0.3 is 5.97 Å². The van der Waals surface area contributed by atoms with Crippen LogP contribution >= 0.6 is 0 Å². The van der Waals surface area contributed by atoms with Gasteiger partial charge in [-0.2, -0.15) is 0 Å². The van der Waals surface area contributed by atoms with Gasteiger partial charge in [0.2, 0.25) is 0 Å². The van der Waals surface area contributed by atoms with Gasteiger partial charge in [-0.15, -0.1) is 0 Å². The van der Waals surface area contributed by atoms with Crippen molar-refractivity contribution < 1.29 is 14.4 Å². The van der Waals surface area contributed by atoms with Crippen molar-refractivity contribution >= 4 is 5.97 Å². The van der Waals surface area contributed by atoms with Crippen molar-refractivity contribution in [2.75, 3.05) is 19.6 Å². The highest BCUT2D eigenvalue weighted by atomic mass is 16.5. The summed E-state index contributed by atoms with van der Waals surface area (Å²) in [6.07, 6.45) is 3.84. The molecule has 0 aliphatic carbocycles. The SMILES string of the molecule is C[C@@H](C[NH+]1CCCCC1)OC(=O)C(c1ccccc1)c1ccccc1. The van der Waals surface area contributed by atoms with Crippen LogP contribution in [-0.4, -0.2) is 31.7 Å². The van der Waals surface area contributed by atoms with Gasteiger partial charge < -0.3 is 9.64 Å². The van der Waals surface area contributed by atoms with Crippen LogP contribution in [-0.2, 0) is 9.53 Å². The van der Waals surface area contributed by atoms with Crippen LogP contribution in [0.1, 0.15) is 43.2 Å². The van der Waals surface area contributed by atoms with Gasteiger partial charge in [0.1, 0.15) is 18.6 Å². The third-order valence-corrected chi connectivity index (χ3v) is 4.96. The number of esters is 1. The molecule has 1 fully saturated rings. The quantitative estimate of drug-likeness (QED) is 0.821. The maximum atomic E-state index is 13.0. The molecule has 0 unspecified atom stereocenters. The topological polar surface area (TPSA) is 30.7 Å². The van der Waals surface area contributed by atoms with Crippen molar-refractivity contribution in [3.05, 3.63) is 71.8 Å². The number of likely N-dealkylation sites (tertiary alicyclic amines) is 1. The summed E-state index contributed by atoms with van der Waals surface area (Å²) < 4.78 is 5.86. The molecule has 0 radical (unpaired) electrons. The number of benzene rings is 2. The molecule has 1 heterocycles. The number of quaternary nitrogens is 1. The zero-order valence-electron chi connectivity index (χ0n) is 15.0. The molecule has 1 aliphatic heterocycles. The van der Waals surface area contributed by atoms with Gasteiger partial charge in [-0.1, -0.05) is 60.7 Å². The van der Waals surface area contributed by atoms with Gasteiger partial charge in [-0.3, -0.25) is 4.79 Å². The van der Waals surface area contributed by atoms with Gasteiger partial charge in [0.15, 0.2) is 0 Å². The van der Waals surface area contributed by atoms with Crippen molar-refractivity contribution in [1.29, 1.82) is 0 Å². The molecule has 132 valence electrons. The Morgan fingerprint density at radius 2 is 1.44 bits per heavy atom. The summed E-state index contributed by atoms with van der Waals surface area (Å²) in [5.41, 5.74) is 1.97. The molecule has 0 bridgehead atoms. The van der Waals surface area contributed by atoms with E-state index in [9.17, 15) is 4.79 Å². The standard InChI is InChI=1S/C22H27NO2/c1-18(17-23-15-9-4-10-16-23)25-22(24)21(19-11-5-2-6-12-19)20-13-7-3-8-14-20/h2-3,5-8,11-14,18,21H,4,9-10,15-17H2,1H3/p+1/t18-/m0/s1. The monoisotopic (exact) mass is 338 g/mol. The zero-order valence-corrected chi connectivity index (χ0v) is 15.0. The van der Waals surface area contributed by atoms with Crippen LogP contribution in [0.2, 0.25) is 0 Å². The Labute approximate surface area is 150 Å². The zero-order chi connectivity index (χ0) is 17.5. The van der Waals surface area contributed by atoms with Crippen LogP contribution in [0.4, 0.5) is 0 Å². The maximum Gasteiger partial charge on any atom is 0.318 e. The molecular weight excluding hydrogens is 310 g/mol. The molecule has 1 atom stereocenters. The first kappa shape index (κ1) is 17.7. The lowest BCUT2D eigenvalue weighted by Crippen LogP contribution is -3.13. The summed E-state index contributed by atoms with van der Waals surface area (Å²) in [6, 6.07) is 19.8. The van der Waals surface area contributed by atoms with Gasteiger partial charge in [0, 0.05) is 0 Å². The average Bonchev–Trinajstić information content (AvgIpc) is 2.64. The Morgan fingerprint density at radius 1 is 0.920 bits per heavy atom. The number of nitrogens with one attached hydrogen (secondary N) is 1. The lowest BCUT2D eigenvalue weighted by molar-refractivity contribution is -0.907. The summed E-state index contributed by atoms with van der Waals surface area (Å²) in [5, 5.41) is 0. The fourth-order valence-electron chi connectivity index (χ4n) is 3.73. The molecular formula is C22H28NO2+. The van der Waals surface area contributed by atoms with Crippen molar-refractivity contribution in [1.82, 2.24) is 0 Å². The molecule has 3 rings (SSSR count). The first-order valence-corrected chi connectivity index (χ1v) is 9.38. The van der Waals surface area contributed by atoms with Crippen LogP contribution in [0.3, 0.4) is 0 Å². The minimum atomic E-state index is -0.360. The Kier molecular flexibility index (Phi) is 6.24. The van der Waals surface area contributed by atoms with Crippen molar-refractivity contribution in [2.24, 2.45) is 0 Å². The first-order valence-electron chi connectivity index (χ1n) is 9.38. The van der Waals surface area contributed by atoms with Crippen molar-refractivity contribution in [3.8, 4) is 0 Å². The first-order chi connectivity index (χ1) is 12.2. The molecule has 25 heavy (non-hydrogen) atoms. The molecule has 1 N–H and O–H groups in total. The number of ether oxygens (including phenoxy) is 1. The predicted molar refractivity (Wildman–Crippen MR) is 99.7 cm³/mol. The van der Waals surface area contributed by atoms with E-state index in [4.69, 9.17) is 4.74 Å². The number of carbonyl (C=O) groups excluding carboxylic acids is 1. The fraction of sp³-hybridized carbons (Fsp3) is 0.409. The summed E-state index contributed by atoms with van der Waals surface area (Å²) in [7, 11) is 0. The molecule has 2 aromatic rings. The minimum absolute atomic E-state index is 0.0597. The molecule has 2 aromatic carbocycles.